The number of hydrogen-bond donors (Lipinski definition) is 3. The van der Waals surface area contributed by atoms with Gasteiger partial charge < -0.3 is 25.3 Å². The van der Waals surface area contributed by atoms with Crippen molar-refractivity contribution in [1.82, 2.24) is 39.6 Å². The Hall–Kier alpha value is -5.04. The van der Waals surface area contributed by atoms with Crippen molar-refractivity contribution in [3.8, 4) is 17.0 Å². The number of aryl methyl sites for hydroxylation is 3. The minimum Gasteiger partial charge on any atom is -0.486 e. The second kappa shape index (κ2) is 11.7. The van der Waals surface area contributed by atoms with E-state index in [-0.39, 0.29) is 18.6 Å². The number of fused-ring (bicyclic) bond motifs is 1. The molecule has 0 aliphatic carbocycles. The molecular formula is C30H35N11O2. The Morgan fingerprint density at radius 3 is 2.72 bits per heavy atom. The molecule has 5 aromatic rings. The van der Waals surface area contributed by atoms with E-state index in [9.17, 15) is 4.79 Å². The van der Waals surface area contributed by atoms with Crippen molar-refractivity contribution in [3.63, 3.8) is 0 Å². The molecule has 1 saturated heterocycles. The molecule has 1 aromatic carbocycles. The van der Waals surface area contributed by atoms with Gasteiger partial charge in [0, 0.05) is 69.3 Å². The van der Waals surface area contributed by atoms with Crippen LogP contribution in [0, 0.1) is 13.8 Å². The SMILES string of the molecule is Cc1cnc(Nc2cc(C)n(C)n2)nc1-c1c[nH]c2c(NC(=O)CN3CC[C@H](Oc4cnc(N(C)C)nc4)C3)cccc12. The summed E-state index contributed by atoms with van der Waals surface area (Å²) in [5.41, 5.74) is 5.23. The molecule has 222 valence electrons. The van der Waals surface area contributed by atoms with Gasteiger partial charge in [-0.1, -0.05) is 12.1 Å². The summed E-state index contributed by atoms with van der Waals surface area (Å²) in [6.45, 7) is 5.66. The lowest BCUT2D eigenvalue weighted by Gasteiger charge is -2.17. The van der Waals surface area contributed by atoms with Gasteiger partial charge in [0.05, 0.1) is 35.8 Å². The quantitative estimate of drug-likeness (QED) is 0.236. The molecule has 3 N–H and O–H groups in total. The first-order chi connectivity index (χ1) is 20.7. The molecular weight excluding hydrogens is 546 g/mol. The van der Waals surface area contributed by atoms with Gasteiger partial charge in [0.1, 0.15) is 6.10 Å². The fourth-order valence-corrected chi connectivity index (χ4v) is 5.19. The number of anilines is 4. The van der Waals surface area contributed by atoms with Crippen LogP contribution in [0.4, 0.5) is 23.4 Å². The van der Waals surface area contributed by atoms with Gasteiger partial charge in [-0.2, -0.15) is 5.10 Å². The van der Waals surface area contributed by atoms with Crippen molar-refractivity contribution in [2.75, 3.05) is 49.3 Å². The molecule has 13 nitrogen and oxygen atoms in total. The summed E-state index contributed by atoms with van der Waals surface area (Å²) in [5, 5.41) is 11.7. The summed E-state index contributed by atoms with van der Waals surface area (Å²) >= 11 is 0. The van der Waals surface area contributed by atoms with Crippen LogP contribution in [0.3, 0.4) is 0 Å². The summed E-state index contributed by atoms with van der Waals surface area (Å²) in [5.74, 6) is 2.32. The highest BCUT2D eigenvalue weighted by molar-refractivity contribution is 6.06. The van der Waals surface area contributed by atoms with Gasteiger partial charge in [-0.05, 0) is 31.9 Å². The number of benzene rings is 1. The van der Waals surface area contributed by atoms with E-state index in [2.05, 4.69) is 40.6 Å². The zero-order valence-corrected chi connectivity index (χ0v) is 24.9. The third-order valence-corrected chi connectivity index (χ3v) is 7.48. The number of hydrogen-bond acceptors (Lipinski definition) is 10. The van der Waals surface area contributed by atoms with Crippen LogP contribution in [0.5, 0.6) is 5.75 Å². The van der Waals surface area contributed by atoms with Gasteiger partial charge in [-0.25, -0.2) is 19.9 Å². The normalized spacial score (nSPS) is 15.1. The summed E-state index contributed by atoms with van der Waals surface area (Å²) in [7, 11) is 5.68. The summed E-state index contributed by atoms with van der Waals surface area (Å²) in [6.07, 6.45) is 7.89. The number of rotatable bonds is 9. The van der Waals surface area contributed by atoms with Crippen LogP contribution < -0.4 is 20.3 Å². The number of nitrogens with one attached hydrogen (secondary N) is 3. The largest absolute Gasteiger partial charge is 0.486 e. The van der Waals surface area contributed by atoms with E-state index in [1.807, 2.05) is 70.4 Å². The molecule has 1 atom stereocenters. The molecule has 13 heteroatoms. The number of carbonyl (C=O) groups is 1. The number of aromatic nitrogens is 7. The minimum absolute atomic E-state index is 0.0202. The number of H-pyrrole nitrogens is 1. The van der Waals surface area contributed by atoms with Gasteiger partial charge in [0.15, 0.2) is 11.6 Å². The molecule has 0 saturated carbocycles. The van der Waals surface area contributed by atoms with Gasteiger partial charge in [0.25, 0.3) is 0 Å². The summed E-state index contributed by atoms with van der Waals surface area (Å²) < 4.78 is 7.85. The molecule has 1 amide bonds. The van der Waals surface area contributed by atoms with E-state index < -0.39 is 0 Å². The number of carbonyl (C=O) groups excluding carboxylic acids is 1. The molecule has 5 heterocycles. The fourth-order valence-electron chi connectivity index (χ4n) is 5.19. The molecule has 0 bridgehead atoms. The zero-order valence-electron chi connectivity index (χ0n) is 24.9. The minimum atomic E-state index is -0.0849. The molecule has 0 spiro atoms. The van der Waals surface area contributed by atoms with Crippen LogP contribution in [0.1, 0.15) is 17.7 Å². The van der Waals surface area contributed by atoms with E-state index in [1.165, 1.54) is 0 Å². The van der Waals surface area contributed by atoms with Crippen LogP contribution >= 0.6 is 0 Å². The Bertz CT molecular complexity index is 1740. The van der Waals surface area contributed by atoms with Crippen LogP contribution in [0.2, 0.25) is 0 Å². The first-order valence-electron chi connectivity index (χ1n) is 14.1. The Morgan fingerprint density at radius 1 is 1.16 bits per heavy atom. The standard InChI is InChI=1S/C30H35N11O2/c1-18-12-32-29(36-25-11-19(2)40(5)38-25)37-27(18)23-15-31-28-22(23)7-6-8-24(28)35-26(42)17-41-10-9-20(16-41)43-21-13-33-30(34-14-21)39(3)4/h6-8,11-15,20,31H,9-10,16-17H2,1-5H3,(H,35,42)(H,32,36,37,38)/t20-/m0/s1. The second-order valence-electron chi connectivity index (χ2n) is 11.0. The molecule has 0 unspecified atom stereocenters. The Morgan fingerprint density at radius 2 is 1.98 bits per heavy atom. The molecule has 4 aromatic heterocycles. The maximum atomic E-state index is 13.1. The van der Waals surface area contributed by atoms with Crippen LogP contribution in [0.15, 0.2) is 49.1 Å². The van der Waals surface area contributed by atoms with Crippen molar-refractivity contribution in [2.24, 2.45) is 7.05 Å². The van der Waals surface area contributed by atoms with Crippen LogP contribution in [-0.2, 0) is 11.8 Å². The lowest BCUT2D eigenvalue weighted by atomic mass is 10.1. The summed E-state index contributed by atoms with van der Waals surface area (Å²) in [6, 6.07) is 7.80. The summed E-state index contributed by atoms with van der Waals surface area (Å²) in [4.78, 5) is 38.2. The van der Waals surface area contributed by atoms with E-state index in [0.29, 0.717) is 35.7 Å². The van der Waals surface area contributed by atoms with Crippen molar-refractivity contribution < 1.29 is 9.53 Å². The van der Waals surface area contributed by atoms with E-state index in [0.717, 1.165) is 46.4 Å². The number of aromatic amines is 1. The zero-order chi connectivity index (χ0) is 30.1. The van der Waals surface area contributed by atoms with E-state index >= 15 is 0 Å². The molecule has 43 heavy (non-hydrogen) atoms. The third-order valence-electron chi connectivity index (χ3n) is 7.48. The maximum absolute atomic E-state index is 13.1. The third kappa shape index (κ3) is 6.11. The van der Waals surface area contributed by atoms with Crippen LogP contribution in [-0.4, -0.2) is 85.3 Å². The van der Waals surface area contributed by atoms with Crippen molar-refractivity contribution in [1.29, 1.82) is 0 Å². The number of likely N-dealkylation sites (tertiary alicyclic amines) is 1. The maximum Gasteiger partial charge on any atom is 0.238 e. The second-order valence-corrected chi connectivity index (χ2v) is 11.0. The van der Waals surface area contributed by atoms with Crippen molar-refractivity contribution in [2.45, 2.75) is 26.4 Å². The highest BCUT2D eigenvalue weighted by Crippen LogP contribution is 2.33. The fraction of sp³-hybridized carbons (Fsp3) is 0.333. The number of ether oxygens (including phenoxy) is 1. The van der Waals surface area contributed by atoms with E-state index in [1.54, 1.807) is 23.3 Å². The predicted octanol–water partition coefficient (Wildman–Crippen LogP) is 3.67. The van der Waals surface area contributed by atoms with Gasteiger partial charge in [0.2, 0.25) is 17.8 Å². The Labute approximate surface area is 249 Å². The Kier molecular flexibility index (Phi) is 7.63. The molecule has 1 aliphatic heterocycles. The first kappa shape index (κ1) is 28.1. The van der Waals surface area contributed by atoms with E-state index in [4.69, 9.17) is 9.72 Å². The lowest BCUT2D eigenvalue weighted by molar-refractivity contribution is -0.117. The average Bonchev–Trinajstić information content (AvgIpc) is 3.69. The number of amides is 1. The number of para-hydroxylation sites is 1. The highest BCUT2D eigenvalue weighted by Gasteiger charge is 2.26. The molecule has 0 radical (unpaired) electrons. The molecule has 1 aliphatic rings. The predicted molar refractivity (Wildman–Crippen MR) is 166 cm³/mol. The van der Waals surface area contributed by atoms with Crippen molar-refractivity contribution in [3.05, 3.63) is 60.3 Å². The van der Waals surface area contributed by atoms with Gasteiger partial charge in [-0.3, -0.25) is 14.4 Å². The Balaban J connectivity index is 1.11. The van der Waals surface area contributed by atoms with Crippen LogP contribution in [0.25, 0.3) is 22.2 Å². The average molecular weight is 582 g/mol. The monoisotopic (exact) mass is 581 g/mol. The first-order valence-corrected chi connectivity index (χ1v) is 14.1. The number of nitrogens with zero attached hydrogens (tertiary/aromatic N) is 8. The van der Waals surface area contributed by atoms with Crippen molar-refractivity contribution >= 4 is 40.2 Å². The van der Waals surface area contributed by atoms with Gasteiger partial charge >= 0.3 is 0 Å². The van der Waals surface area contributed by atoms with Gasteiger partial charge in [-0.15, -0.1) is 0 Å². The topological polar surface area (TPSA) is 142 Å². The lowest BCUT2D eigenvalue weighted by Crippen LogP contribution is -2.33. The molecule has 1 fully saturated rings. The highest BCUT2D eigenvalue weighted by atomic mass is 16.5. The molecule has 6 rings (SSSR count). The smallest absolute Gasteiger partial charge is 0.238 e.